The van der Waals surface area contributed by atoms with Gasteiger partial charge in [0.15, 0.2) is 0 Å². The number of nitro groups is 1. The molecule has 124 valence electrons. The van der Waals surface area contributed by atoms with E-state index >= 15 is 0 Å². The second-order valence-corrected chi connectivity index (χ2v) is 4.98. The van der Waals surface area contributed by atoms with Gasteiger partial charge in [0.2, 0.25) is 0 Å². The summed E-state index contributed by atoms with van der Waals surface area (Å²) in [4.78, 5) is 26.0. The fourth-order valence-electron chi connectivity index (χ4n) is 1.90. The molecule has 0 radical (unpaired) electrons. The van der Waals surface area contributed by atoms with Crippen LogP contribution in [0.15, 0.2) is 30.5 Å². The Morgan fingerprint density at radius 1 is 1.46 bits per heavy atom. The Balaban J connectivity index is 2.47. The van der Waals surface area contributed by atoms with E-state index in [2.05, 4.69) is 4.98 Å². The fourth-order valence-corrected chi connectivity index (χ4v) is 2.13. The van der Waals surface area contributed by atoms with Crippen molar-refractivity contribution in [1.82, 2.24) is 4.98 Å². The van der Waals surface area contributed by atoms with Crippen LogP contribution in [0.1, 0.15) is 28.5 Å². The predicted molar refractivity (Wildman–Crippen MR) is 87.2 cm³/mol. The van der Waals surface area contributed by atoms with Gasteiger partial charge >= 0.3 is 5.97 Å². The Kier molecular flexibility index (Phi) is 5.59. The molecule has 0 N–H and O–H groups in total. The predicted octanol–water partition coefficient (Wildman–Crippen LogP) is 4.13. The summed E-state index contributed by atoms with van der Waals surface area (Å²) in [6.45, 7) is 1.71. The summed E-state index contributed by atoms with van der Waals surface area (Å²) >= 11 is 5.92. The number of esters is 1. The van der Waals surface area contributed by atoms with Gasteiger partial charge in [0.05, 0.1) is 27.8 Å². The van der Waals surface area contributed by atoms with Gasteiger partial charge in [0, 0.05) is 11.6 Å². The maximum atomic E-state index is 13.8. The summed E-state index contributed by atoms with van der Waals surface area (Å²) in [5.41, 5.74) is -0.207. The summed E-state index contributed by atoms with van der Waals surface area (Å²) in [5.74, 6) is -1.30. The zero-order valence-electron chi connectivity index (χ0n) is 12.5. The van der Waals surface area contributed by atoms with Crippen LogP contribution in [0, 0.1) is 15.9 Å². The number of nitrogens with zero attached hydrogens (tertiary/aromatic N) is 2. The Morgan fingerprint density at radius 2 is 2.21 bits per heavy atom. The van der Waals surface area contributed by atoms with Crippen LogP contribution in [0.5, 0.6) is 0 Å². The average molecular weight is 351 g/mol. The Labute approximate surface area is 141 Å². The molecule has 8 heteroatoms. The third-order valence-corrected chi connectivity index (χ3v) is 3.35. The maximum Gasteiger partial charge on any atom is 0.340 e. The lowest BCUT2D eigenvalue weighted by Crippen LogP contribution is -2.08. The zero-order chi connectivity index (χ0) is 17.7. The highest BCUT2D eigenvalue weighted by Crippen LogP contribution is 2.23. The molecule has 0 saturated carbocycles. The first kappa shape index (κ1) is 17.6. The molecule has 0 fully saturated rings. The average Bonchev–Trinajstić information content (AvgIpc) is 2.54. The number of hydrogen-bond acceptors (Lipinski definition) is 5. The minimum atomic E-state index is -0.756. The van der Waals surface area contributed by atoms with E-state index in [-0.39, 0.29) is 34.1 Å². The molecule has 0 aliphatic rings. The molecule has 0 atom stereocenters. The molecule has 0 amide bonds. The van der Waals surface area contributed by atoms with Crippen molar-refractivity contribution in [3.05, 3.63) is 68.2 Å². The monoisotopic (exact) mass is 350 g/mol. The topological polar surface area (TPSA) is 82.3 Å². The highest BCUT2D eigenvalue weighted by atomic mass is 35.5. The van der Waals surface area contributed by atoms with E-state index in [1.54, 1.807) is 6.92 Å². The second-order valence-electron chi connectivity index (χ2n) is 4.57. The van der Waals surface area contributed by atoms with E-state index in [4.69, 9.17) is 16.3 Å². The molecule has 0 aliphatic carbocycles. The van der Waals surface area contributed by atoms with Crippen molar-refractivity contribution in [3.63, 3.8) is 0 Å². The van der Waals surface area contributed by atoms with Crippen molar-refractivity contribution in [3.8, 4) is 0 Å². The molecule has 1 aromatic carbocycles. The van der Waals surface area contributed by atoms with Crippen molar-refractivity contribution in [1.29, 1.82) is 0 Å². The van der Waals surface area contributed by atoms with Crippen LogP contribution >= 0.6 is 11.6 Å². The minimum Gasteiger partial charge on any atom is -0.462 e. The number of halogens is 2. The van der Waals surface area contributed by atoms with Gasteiger partial charge in [0.1, 0.15) is 12.0 Å². The third kappa shape index (κ3) is 3.94. The molecule has 24 heavy (non-hydrogen) atoms. The smallest absolute Gasteiger partial charge is 0.340 e. The van der Waals surface area contributed by atoms with Crippen molar-refractivity contribution < 1.29 is 18.8 Å². The SMILES string of the molecule is CCOC(=O)c1cc([N+](=O)[O-])cnc1/C=C/c1c(F)cccc1Cl. The van der Waals surface area contributed by atoms with E-state index in [9.17, 15) is 19.3 Å². The van der Waals surface area contributed by atoms with Crippen LogP contribution in [-0.4, -0.2) is 22.5 Å². The Hall–Kier alpha value is -2.80. The number of rotatable bonds is 5. The van der Waals surface area contributed by atoms with Crippen LogP contribution in [0.4, 0.5) is 10.1 Å². The lowest BCUT2D eigenvalue weighted by Gasteiger charge is -2.05. The highest BCUT2D eigenvalue weighted by molar-refractivity contribution is 6.32. The largest absolute Gasteiger partial charge is 0.462 e. The molecule has 0 bridgehead atoms. The number of carbonyl (C=O) groups excluding carboxylic acids is 1. The molecule has 0 spiro atoms. The standard InChI is InChI=1S/C16H12ClFN2O4/c1-2-24-16(21)12-8-10(20(22)23)9-19-15(12)7-6-11-13(17)4-3-5-14(11)18/h3-9H,2H2,1H3/b7-6+. The molecule has 0 unspecified atom stereocenters. The van der Waals surface area contributed by atoms with Gasteiger partial charge in [-0.25, -0.2) is 14.2 Å². The van der Waals surface area contributed by atoms with Crippen LogP contribution in [-0.2, 0) is 4.74 Å². The van der Waals surface area contributed by atoms with Gasteiger partial charge in [-0.1, -0.05) is 17.7 Å². The van der Waals surface area contributed by atoms with Crippen LogP contribution in [0.3, 0.4) is 0 Å². The van der Waals surface area contributed by atoms with Gasteiger partial charge in [-0.2, -0.15) is 0 Å². The summed E-state index contributed by atoms with van der Waals surface area (Å²) < 4.78 is 18.6. The first-order valence-corrected chi connectivity index (χ1v) is 7.25. The third-order valence-electron chi connectivity index (χ3n) is 3.02. The summed E-state index contributed by atoms with van der Waals surface area (Å²) in [5, 5.41) is 11.0. The summed E-state index contributed by atoms with van der Waals surface area (Å²) in [7, 11) is 0. The first-order valence-electron chi connectivity index (χ1n) is 6.87. The highest BCUT2D eigenvalue weighted by Gasteiger charge is 2.18. The molecule has 0 saturated heterocycles. The van der Waals surface area contributed by atoms with E-state index < -0.39 is 16.7 Å². The van der Waals surface area contributed by atoms with Crippen molar-refractivity contribution in [2.24, 2.45) is 0 Å². The van der Waals surface area contributed by atoms with E-state index in [0.717, 1.165) is 12.3 Å². The second kappa shape index (κ2) is 7.65. The lowest BCUT2D eigenvalue weighted by molar-refractivity contribution is -0.385. The molecule has 1 aromatic heterocycles. The van der Waals surface area contributed by atoms with Gasteiger partial charge < -0.3 is 4.74 Å². The fraction of sp³-hybridized carbons (Fsp3) is 0.125. The number of benzene rings is 1. The number of ether oxygens (including phenoxy) is 1. The van der Waals surface area contributed by atoms with Crippen LogP contribution in [0.2, 0.25) is 5.02 Å². The van der Waals surface area contributed by atoms with Gasteiger partial charge in [0.25, 0.3) is 5.69 Å². The molecule has 2 rings (SSSR count). The maximum absolute atomic E-state index is 13.8. The zero-order valence-corrected chi connectivity index (χ0v) is 13.3. The molecule has 6 nitrogen and oxygen atoms in total. The number of pyridine rings is 1. The molecule has 1 heterocycles. The van der Waals surface area contributed by atoms with Gasteiger partial charge in [-0.3, -0.25) is 10.1 Å². The van der Waals surface area contributed by atoms with Crippen molar-refractivity contribution in [2.75, 3.05) is 6.61 Å². The number of carbonyl (C=O) groups is 1. The minimum absolute atomic E-state index is 0.0882. The number of aromatic nitrogens is 1. The van der Waals surface area contributed by atoms with Crippen LogP contribution in [0.25, 0.3) is 12.2 Å². The quantitative estimate of drug-likeness (QED) is 0.460. The molecular weight excluding hydrogens is 339 g/mol. The van der Waals surface area contributed by atoms with Gasteiger partial charge in [-0.15, -0.1) is 0 Å². The lowest BCUT2D eigenvalue weighted by atomic mass is 10.1. The van der Waals surface area contributed by atoms with Crippen LogP contribution < -0.4 is 0 Å². The van der Waals surface area contributed by atoms with E-state index in [0.29, 0.717) is 0 Å². The first-order chi connectivity index (χ1) is 11.4. The molecule has 2 aromatic rings. The molecule has 0 aliphatic heterocycles. The molecular formula is C16H12ClFN2O4. The van der Waals surface area contributed by atoms with Crippen molar-refractivity contribution >= 4 is 35.4 Å². The van der Waals surface area contributed by atoms with E-state index in [1.165, 1.54) is 30.4 Å². The van der Waals surface area contributed by atoms with E-state index in [1.807, 2.05) is 0 Å². The summed E-state index contributed by atoms with van der Waals surface area (Å²) in [6.07, 6.45) is 3.69. The van der Waals surface area contributed by atoms with Crippen molar-refractivity contribution in [2.45, 2.75) is 6.92 Å². The Bertz CT molecular complexity index is 803. The van der Waals surface area contributed by atoms with Gasteiger partial charge in [-0.05, 0) is 31.2 Å². The normalized spacial score (nSPS) is 10.8. The number of hydrogen-bond donors (Lipinski definition) is 0. The Morgan fingerprint density at radius 3 is 2.83 bits per heavy atom. The summed E-state index contributed by atoms with van der Waals surface area (Å²) in [6, 6.07) is 5.28.